The molecule has 128 valence electrons. The standard InChI is InChI=1S/C15H20F2N2O4/c1-21-11-2-3-12(13(10-11)23-15(16)17)14(20)18-4-5-19-6-8-22-9-7-19/h2-3,10,15H,4-9H2,1H3,(H,18,20). The van der Waals surface area contributed by atoms with E-state index in [0.29, 0.717) is 32.1 Å². The van der Waals surface area contributed by atoms with Crippen molar-refractivity contribution in [1.82, 2.24) is 10.2 Å². The molecule has 0 aliphatic carbocycles. The van der Waals surface area contributed by atoms with Crippen LogP contribution in [0, 0.1) is 0 Å². The van der Waals surface area contributed by atoms with E-state index in [-0.39, 0.29) is 11.3 Å². The lowest BCUT2D eigenvalue weighted by Crippen LogP contribution is -2.41. The second kappa shape index (κ2) is 8.64. The quantitative estimate of drug-likeness (QED) is 0.818. The highest BCUT2D eigenvalue weighted by Crippen LogP contribution is 2.26. The van der Waals surface area contributed by atoms with Crippen LogP contribution in [0.3, 0.4) is 0 Å². The van der Waals surface area contributed by atoms with Crippen molar-refractivity contribution in [3.05, 3.63) is 23.8 Å². The zero-order valence-electron chi connectivity index (χ0n) is 12.9. The SMILES string of the molecule is COc1ccc(C(=O)NCCN2CCOCC2)c(OC(F)F)c1. The number of amides is 1. The van der Waals surface area contributed by atoms with Crippen molar-refractivity contribution in [2.75, 3.05) is 46.5 Å². The van der Waals surface area contributed by atoms with Crippen LogP contribution in [0.15, 0.2) is 18.2 Å². The number of methoxy groups -OCH3 is 1. The van der Waals surface area contributed by atoms with Gasteiger partial charge in [-0.05, 0) is 12.1 Å². The van der Waals surface area contributed by atoms with Crippen LogP contribution >= 0.6 is 0 Å². The summed E-state index contributed by atoms with van der Waals surface area (Å²) in [5, 5.41) is 2.71. The van der Waals surface area contributed by atoms with E-state index in [2.05, 4.69) is 15.0 Å². The van der Waals surface area contributed by atoms with E-state index in [1.165, 1.54) is 25.3 Å². The van der Waals surface area contributed by atoms with Gasteiger partial charge in [-0.3, -0.25) is 9.69 Å². The molecule has 0 bridgehead atoms. The molecule has 0 unspecified atom stereocenters. The predicted molar refractivity (Wildman–Crippen MR) is 79.2 cm³/mol. The van der Waals surface area contributed by atoms with E-state index in [0.717, 1.165) is 13.1 Å². The van der Waals surface area contributed by atoms with Crippen molar-refractivity contribution in [1.29, 1.82) is 0 Å². The van der Waals surface area contributed by atoms with E-state index in [4.69, 9.17) is 9.47 Å². The number of carbonyl (C=O) groups is 1. The van der Waals surface area contributed by atoms with Crippen molar-refractivity contribution in [2.45, 2.75) is 6.61 Å². The Hall–Kier alpha value is -1.93. The first-order valence-corrected chi connectivity index (χ1v) is 7.31. The summed E-state index contributed by atoms with van der Waals surface area (Å²) in [4.78, 5) is 14.3. The van der Waals surface area contributed by atoms with Gasteiger partial charge in [0.1, 0.15) is 11.5 Å². The first-order chi connectivity index (χ1) is 11.1. The molecule has 23 heavy (non-hydrogen) atoms. The highest BCUT2D eigenvalue weighted by Gasteiger charge is 2.17. The zero-order valence-corrected chi connectivity index (χ0v) is 12.9. The number of nitrogens with zero attached hydrogens (tertiary/aromatic N) is 1. The molecule has 8 heteroatoms. The molecule has 0 saturated carbocycles. The molecule has 2 rings (SSSR count). The number of morpholine rings is 1. The van der Waals surface area contributed by atoms with Gasteiger partial charge in [0, 0.05) is 32.2 Å². The van der Waals surface area contributed by atoms with E-state index < -0.39 is 12.5 Å². The zero-order chi connectivity index (χ0) is 16.7. The molecule has 1 aliphatic rings. The van der Waals surface area contributed by atoms with Crippen molar-refractivity contribution in [2.24, 2.45) is 0 Å². The second-order valence-corrected chi connectivity index (χ2v) is 4.95. The number of hydrogen-bond acceptors (Lipinski definition) is 5. The Bertz CT molecular complexity index is 522. The third-order valence-corrected chi connectivity index (χ3v) is 3.47. The van der Waals surface area contributed by atoms with Gasteiger partial charge in [0.25, 0.3) is 5.91 Å². The summed E-state index contributed by atoms with van der Waals surface area (Å²) in [7, 11) is 1.41. The van der Waals surface area contributed by atoms with E-state index in [9.17, 15) is 13.6 Å². The average Bonchev–Trinajstić information content (AvgIpc) is 2.55. The van der Waals surface area contributed by atoms with Gasteiger partial charge in [0.15, 0.2) is 0 Å². The Kier molecular flexibility index (Phi) is 6.54. The number of ether oxygens (including phenoxy) is 3. The van der Waals surface area contributed by atoms with Crippen molar-refractivity contribution < 1.29 is 27.8 Å². The molecule has 1 saturated heterocycles. The second-order valence-electron chi connectivity index (χ2n) is 4.95. The summed E-state index contributed by atoms with van der Waals surface area (Å²) in [6.45, 7) is 1.07. The molecule has 1 heterocycles. The van der Waals surface area contributed by atoms with Gasteiger partial charge in [-0.1, -0.05) is 0 Å². The fourth-order valence-electron chi connectivity index (χ4n) is 2.26. The van der Waals surface area contributed by atoms with Crippen LogP contribution < -0.4 is 14.8 Å². The highest BCUT2D eigenvalue weighted by molar-refractivity contribution is 5.97. The molecule has 1 amide bonds. The lowest BCUT2D eigenvalue weighted by atomic mass is 10.1. The van der Waals surface area contributed by atoms with E-state index in [1.807, 2.05) is 0 Å². The van der Waals surface area contributed by atoms with Crippen molar-refractivity contribution in [3.63, 3.8) is 0 Å². The fraction of sp³-hybridized carbons (Fsp3) is 0.533. The van der Waals surface area contributed by atoms with Gasteiger partial charge >= 0.3 is 6.61 Å². The average molecular weight is 330 g/mol. The maximum Gasteiger partial charge on any atom is 0.387 e. The number of rotatable bonds is 7. The Morgan fingerprint density at radius 3 is 2.78 bits per heavy atom. The van der Waals surface area contributed by atoms with Crippen LogP contribution in [-0.2, 0) is 4.74 Å². The Labute approximate surface area is 133 Å². The first-order valence-electron chi connectivity index (χ1n) is 7.31. The number of benzene rings is 1. The molecule has 0 atom stereocenters. The van der Waals surface area contributed by atoms with Crippen LogP contribution in [0.25, 0.3) is 0 Å². The van der Waals surface area contributed by atoms with Crippen LogP contribution in [0.1, 0.15) is 10.4 Å². The predicted octanol–water partition coefficient (Wildman–Crippen LogP) is 1.36. The Morgan fingerprint density at radius 1 is 1.39 bits per heavy atom. The van der Waals surface area contributed by atoms with Gasteiger partial charge < -0.3 is 19.5 Å². The number of halogens is 2. The maximum atomic E-state index is 12.5. The summed E-state index contributed by atoms with van der Waals surface area (Å²) in [6.07, 6.45) is 0. The number of nitrogens with one attached hydrogen (secondary N) is 1. The molecule has 1 aliphatic heterocycles. The minimum atomic E-state index is -3.01. The normalized spacial score (nSPS) is 15.5. The smallest absolute Gasteiger partial charge is 0.387 e. The molecule has 0 aromatic heterocycles. The largest absolute Gasteiger partial charge is 0.497 e. The highest BCUT2D eigenvalue weighted by atomic mass is 19.3. The van der Waals surface area contributed by atoms with Crippen LogP contribution in [0.2, 0.25) is 0 Å². The first kappa shape index (κ1) is 17.4. The van der Waals surface area contributed by atoms with Gasteiger partial charge in [0.05, 0.1) is 25.9 Å². The third kappa shape index (κ3) is 5.33. The third-order valence-electron chi connectivity index (χ3n) is 3.47. The Balaban J connectivity index is 1.94. The molecule has 6 nitrogen and oxygen atoms in total. The number of alkyl halides is 2. The van der Waals surface area contributed by atoms with Gasteiger partial charge in [-0.2, -0.15) is 8.78 Å². The number of carbonyl (C=O) groups excluding carboxylic acids is 1. The molecular formula is C15H20F2N2O4. The van der Waals surface area contributed by atoms with Crippen LogP contribution in [-0.4, -0.2) is 63.9 Å². The van der Waals surface area contributed by atoms with Crippen LogP contribution in [0.4, 0.5) is 8.78 Å². The lowest BCUT2D eigenvalue weighted by molar-refractivity contribution is -0.0502. The number of hydrogen-bond donors (Lipinski definition) is 1. The van der Waals surface area contributed by atoms with Crippen molar-refractivity contribution >= 4 is 5.91 Å². The molecule has 0 spiro atoms. The summed E-state index contributed by atoms with van der Waals surface area (Å²) < 4.78 is 39.6. The molecule has 1 aromatic rings. The molecule has 1 N–H and O–H groups in total. The van der Waals surface area contributed by atoms with Crippen LogP contribution in [0.5, 0.6) is 11.5 Å². The summed E-state index contributed by atoms with van der Waals surface area (Å²) in [5.41, 5.74) is 0.0491. The molecular weight excluding hydrogens is 310 g/mol. The minimum Gasteiger partial charge on any atom is -0.497 e. The lowest BCUT2D eigenvalue weighted by Gasteiger charge is -2.26. The van der Waals surface area contributed by atoms with Gasteiger partial charge in [0.2, 0.25) is 0 Å². The monoisotopic (exact) mass is 330 g/mol. The van der Waals surface area contributed by atoms with E-state index >= 15 is 0 Å². The molecule has 0 radical (unpaired) electrons. The minimum absolute atomic E-state index is 0.0491. The Morgan fingerprint density at radius 2 is 2.13 bits per heavy atom. The summed E-state index contributed by atoms with van der Waals surface area (Å²) >= 11 is 0. The van der Waals surface area contributed by atoms with Gasteiger partial charge in [-0.25, -0.2) is 0 Å². The fourth-order valence-corrected chi connectivity index (χ4v) is 2.26. The summed E-state index contributed by atoms with van der Waals surface area (Å²) in [5.74, 6) is -0.328. The topological polar surface area (TPSA) is 60.0 Å². The van der Waals surface area contributed by atoms with Crippen molar-refractivity contribution in [3.8, 4) is 11.5 Å². The van der Waals surface area contributed by atoms with Gasteiger partial charge in [-0.15, -0.1) is 0 Å². The maximum absolute atomic E-state index is 12.5. The molecule has 1 aromatic carbocycles. The molecule has 1 fully saturated rings. The van der Waals surface area contributed by atoms with E-state index in [1.54, 1.807) is 0 Å². The summed E-state index contributed by atoms with van der Waals surface area (Å²) in [6, 6.07) is 4.19.